The molecule has 0 spiro atoms. The topological polar surface area (TPSA) is 46.5 Å². The van der Waals surface area contributed by atoms with Gasteiger partial charge >= 0.3 is 5.97 Å². The molecule has 0 saturated heterocycles. The second kappa shape index (κ2) is 4.60. The molecule has 0 aliphatic carbocycles. The number of hydrogen-bond donors (Lipinski definition) is 1. The average Bonchev–Trinajstić information content (AvgIpc) is 2.14. The second-order valence-electron chi connectivity index (χ2n) is 2.80. The Morgan fingerprint density at radius 1 is 1.57 bits per heavy atom. The van der Waals surface area contributed by atoms with E-state index in [0.29, 0.717) is 6.42 Å². The molecule has 0 heterocycles. The van der Waals surface area contributed by atoms with E-state index in [4.69, 9.17) is 4.74 Å². The first-order chi connectivity index (χ1) is 6.65. The average molecular weight is 198 g/mol. The Bertz CT molecular complexity index is 336. The van der Waals surface area contributed by atoms with Gasteiger partial charge in [-0.15, -0.1) is 0 Å². The highest BCUT2D eigenvalue weighted by Gasteiger charge is 2.12. The Morgan fingerprint density at radius 2 is 2.29 bits per heavy atom. The highest BCUT2D eigenvalue weighted by atomic mass is 19.1. The van der Waals surface area contributed by atoms with E-state index in [1.807, 2.05) is 6.92 Å². The largest absolute Gasteiger partial charge is 0.507 e. The maximum Gasteiger partial charge on any atom is 0.341 e. The van der Waals surface area contributed by atoms with Gasteiger partial charge in [-0.2, -0.15) is 0 Å². The van der Waals surface area contributed by atoms with Crippen LogP contribution in [0.2, 0.25) is 0 Å². The molecule has 1 aromatic carbocycles. The van der Waals surface area contributed by atoms with E-state index < -0.39 is 17.5 Å². The highest BCUT2D eigenvalue weighted by molar-refractivity contribution is 5.92. The zero-order valence-electron chi connectivity index (χ0n) is 7.79. The van der Waals surface area contributed by atoms with Gasteiger partial charge in [0, 0.05) is 6.07 Å². The second-order valence-corrected chi connectivity index (χ2v) is 2.80. The van der Waals surface area contributed by atoms with Gasteiger partial charge in [0.15, 0.2) is 0 Å². The lowest BCUT2D eigenvalue weighted by Crippen LogP contribution is -2.06. The summed E-state index contributed by atoms with van der Waals surface area (Å²) >= 11 is 0. The van der Waals surface area contributed by atoms with Crippen molar-refractivity contribution in [3.63, 3.8) is 0 Å². The minimum Gasteiger partial charge on any atom is -0.507 e. The Balaban J connectivity index is 2.80. The summed E-state index contributed by atoms with van der Waals surface area (Å²) in [6.07, 6.45) is 0.702. The molecule has 0 fully saturated rings. The first-order valence-electron chi connectivity index (χ1n) is 4.30. The number of hydrogen-bond acceptors (Lipinski definition) is 3. The van der Waals surface area contributed by atoms with Gasteiger partial charge in [-0.1, -0.05) is 6.92 Å². The van der Waals surface area contributed by atoms with Gasteiger partial charge in [0.05, 0.1) is 6.61 Å². The van der Waals surface area contributed by atoms with Crippen molar-refractivity contribution in [1.29, 1.82) is 0 Å². The first-order valence-corrected chi connectivity index (χ1v) is 4.30. The summed E-state index contributed by atoms with van der Waals surface area (Å²) in [5.74, 6) is -1.62. The monoisotopic (exact) mass is 198 g/mol. The quantitative estimate of drug-likeness (QED) is 0.756. The zero-order chi connectivity index (χ0) is 10.6. The van der Waals surface area contributed by atoms with Crippen LogP contribution in [-0.4, -0.2) is 17.7 Å². The van der Waals surface area contributed by atoms with Crippen LogP contribution in [0.25, 0.3) is 0 Å². The minimum absolute atomic E-state index is 0.0140. The van der Waals surface area contributed by atoms with Crippen molar-refractivity contribution in [2.45, 2.75) is 13.3 Å². The Morgan fingerprint density at radius 3 is 2.86 bits per heavy atom. The molecule has 76 valence electrons. The first kappa shape index (κ1) is 10.5. The Labute approximate surface area is 81.1 Å². The van der Waals surface area contributed by atoms with E-state index in [-0.39, 0.29) is 12.2 Å². The van der Waals surface area contributed by atoms with E-state index in [1.165, 1.54) is 6.07 Å². The SMILES string of the molecule is CCCOC(=O)c1ccc(F)cc1O. The lowest BCUT2D eigenvalue weighted by Gasteiger charge is -2.04. The molecule has 4 heteroatoms. The summed E-state index contributed by atoms with van der Waals surface area (Å²) < 4.78 is 17.3. The lowest BCUT2D eigenvalue weighted by atomic mass is 10.2. The summed E-state index contributed by atoms with van der Waals surface area (Å²) in [4.78, 5) is 11.2. The number of phenols is 1. The predicted molar refractivity (Wildman–Crippen MR) is 48.6 cm³/mol. The van der Waals surface area contributed by atoms with Crippen molar-refractivity contribution in [3.8, 4) is 5.75 Å². The fraction of sp³-hybridized carbons (Fsp3) is 0.300. The van der Waals surface area contributed by atoms with E-state index in [2.05, 4.69) is 0 Å². The number of esters is 1. The zero-order valence-corrected chi connectivity index (χ0v) is 7.79. The number of phenolic OH excluding ortho intramolecular Hbond substituents is 1. The number of aromatic hydroxyl groups is 1. The molecule has 0 bridgehead atoms. The molecule has 3 nitrogen and oxygen atoms in total. The maximum absolute atomic E-state index is 12.6. The highest BCUT2D eigenvalue weighted by Crippen LogP contribution is 2.18. The molecule has 0 saturated carbocycles. The number of benzene rings is 1. The smallest absolute Gasteiger partial charge is 0.341 e. The van der Waals surface area contributed by atoms with Crippen LogP contribution in [0.1, 0.15) is 23.7 Å². The minimum atomic E-state index is -0.635. The van der Waals surface area contributed by atoms with Crippen LogP contribution >= 0.6 is 0 Å². The Hall–Kier alpha value is -1.58. The molecule has 0 aliphatic heterocycles. The van der Waals surface area contributed by atoms with E-state index in [9.17, 15) is 14.3 Å². The summed E-state index contributed by atoms with van der Waals surface area (Å²) in [6, 6.07) is 3.17. The molecule has 1 N–H and O–H groups in total. The predicted octanol–water partition coefficient (Wildman–Crippen LogP) is 2.10. The van der Waals surface area contributed by atoms with Crippen LogP contribution in [0.15, 0.2) is 18.2 Å². The molecular weight excluding hydrogens is 187 g/mol. The number of ether oxygens (including phenoxy) is 1. The van der Waals surface area contributed by atoms with Gasteiger partial charge in [-0.05, 0) is 18.6 Å². The van der Waals surface area contributed by atoms with Gasteiger partial charge in [-0.3, -0.25) is 0 Å². The Kier molecular flexibility index (Phi) is 3.45. The molecule has 0 aromatic heterocycles. The number of halogens is 1. The van der Waals surface area contributed by atoms with E-state index >= 15 is 0 Å². The van der Waals surface area contributed by atoms with Gasteiger partial charge in [0.2, 0.25) is 0 Å². The maximum atomic E-state index is 12.6. The van der Waals surface area contributed by atoms with Crippen LogP contribution < -0.4 is 0 Å². The molecule has 0 atom stereocenters. The molecule has 0 radical (unpaired) electrons. The molecular formula is C10H11FO3. The molecule has 0 unspecified atom stereocenters. The van der Waals surface area contributed by atoms with Crippen LogP contribution in [0, 0.1) is 5.82 Å². The number of rotatable bonds is 3. The summed E-state index contributed by atoms with van der Waals surface area (Å²) in [6.45, 7) is 2.15. The van der Waals surface area contributed by atoms with Crippen molar-refractivity contribution >= 4 is 5.97 Å². The van der Waals surface area contributed by atoms with Gasteiger partial charge in [0.25, 0.3) is 0 Å². The van der Waals surface area contributed by atoms with Crippen LogP contribution in [0.5, 0.6) is 5.75 Å². The lowest BCUT2D eigenvalue weighted by molar-refractivity contribution is 0.0502. The van der Waals surface area contributed by atoms with Crippen LogP contribution in [0.3, 0.4) is 0 Å². The van der Waals surface area contributed by atoms with E-state index in [0.717, 1.165) is 12.1 Å². The summed E-state index contributed by atoms with van der Waals surface area (Å²) in [5.41, 5.74) is -0.0140. The van der Waals surface area contributed by atoms with Crippen molar-refractivity contribution < 1.29 is 19.0 Å². The third kappa shape index (κ3) is 2.45. The molecule has 1 rings (SSSR count). The standard InChI is InChI=1S/C10H11FO3/c1-2-5-14-10(13)8-4-3-7(11)6-9(8)12/h3-4,6,12H,2,5H2,1H3. The van der Waals surface area contributed by atoms with Crippen molar-refractivity contribution in [3.05, 3.63) is 29.6 Å². The molecule has 0 amide bonds. The number of carbonyl (C=O) groups is 1. The van der Waals surface area contributed by atoms with Crippen molar-refractivity contribution in [2.75, 3.05) is 6.61 Å². The van der Waals surface area contributed by atoms with Crippen molar-refractivity contribution in [1.82, 2.24) is 0 Å². The van der Waals surface area contributed by atoms with Crippen LogP contribution in [0.4, 0.5) is 4.39 Å². The normalized spacial score (nSPS) is 9.86. The van der Waals surface area contributed by atoms with Gasteiger partial charge in [0.1, 0.15) is 17.1 Å². The summed E-state index contributed by atoms with van der Waals surface area (Å²) in [5, 5.41) is 9.22. The van der Waals surface area contributed by atoms with Gasteiger partial charge in [-0.25, -0.2) is 9.18 Å². The van der Waals surface area contributed by atoms with Crippen LogP contribution in [-0.2, 0) is 4.74 Å². The number of carbonyl (C=O) groups excluding carboxylic acids is 1. The molecule has 14 heavy (non-hydrogen) atoms. The summed E-state index contributed by atoms with van der Waals surface area (Å²) in [7, 11) is 0. The third-order valence-electron chi connectivity index (χ3n) is 1.62. The molecule has 1 aromatic rings. The molecule has 0 aliphatic rings. The fourth-order valence-electron chi connectivity index (χ4n) is 0.950. The van der Waals surface area contributed by atoms with Gasteiger partial charge < -0.3 is 9.84 Å². The fourth-order valence-corrected chi connectivity index (χ4v) is 0.950. The third-order valence-corrected chi connectivity index (χ3v) is 1.62. The van der Waals surface area contributed by atoms with E-state index in [1.54, 1.807) is 0 Å². The van der Waals surface area contributed by atoms with Crippen molar-refractivity contribution in [2.24, 2.45) is 0 Å².